The zero-order chi connectivity index (χ0) is 9.26. The molecular formula is C7H3ClN4O. The summed E-state index contributed by atoms with van der Waals surface area (Å²) in [6, 6.07) is 1.51. The van der Waals surface area contributed by atoms with E-state index in [0.29, 0.717) is 10.9 Å². The van der Waals surface area contributed by atoms with Crippen LogP contribution in [0, 0.1) is 4.91 Å². The van der Waals surface area contributed by atoms with Gasteiger partial charge >= 0.3 is 0 Å². The molecule has 0 aliphatic rings. The van der Waals surface area contributed by atoms with Gasteiger partial charge in [0.1, 0.15) is 11.5 Å². The number of fused-ring (bicyclic) bond motifs is 1. The summed E-state index contributed by atoms with van der Waals surface area (Å²) in [5, 5.41) is 3.55. The highest BCUT2D eigenvalue weighted by atomic mass is 35.5. The van der Waals surface area contributed by atoms with Crippen LogP contribution in [-0.4, -0.2) is 15.0 Å². The third-order valence-electron chi connectivity index (χ3n) is 1.55. The fraction of sp³-hybridized carbons (Fsp3) is 0. The molecule has 64 valence electrons. The molecule has 0 saturated carbocycles. The Kier molecular flexibility index (Phi) is 1.86. The Bertz CT molecular complexity index is 473. The number of aromatic nitrogens is 3. The predicted molar refractivity (Wildman–Crippen MR) is 47.8 cm³/mol. The summed E-state index contributed by atoms with van der Waals surface area (Å²) in [5.41, 5.74) is 0.550. The molecule has 2 aromatic rings. The minimum atomic E-state index is 0.0781. The Morgan fingerprint density at radius 1 is 1.31 bits per heavy atom. The first kappa shape index (κ1) is 8.00. The van der Waals surface area contributed by atoms with Crippen LogP contribution >= 0.6 is 11.6 Å². The Morgan fingerprint density at radius 3 is 2.92 bits per heavy atom. The monoisotopic (exact) mass is 194 g/mol. The van der Waals surface area contributed by atoms with Gasteiger partial charge in [0, 0.05) is 0 Å². The number of nitroso groups, excluding NO2 is 1. The quantitative estimate of drug-likeness (QED) is 0.515. The molecule has 0 atom stereocenters. The van der Waals surface area contributed by atoms with Gasteiger partial charge in [-0.25, -0.2) is 15.0 Å². The van der Waals surface area contributed by atoms with Crippen molar-refractivity contribution in [2.75, 3.05) is 0 Å². The predicted octanol–water partition coefficient (Wildman–Crippen LogP) is 2.08. The Hall–Kier alpha value is -1.62. The first-order valence-corrected chi connectivity index (χ1v) is 3.78. The average molecular weight is 195 g/mol. The van der Waals surface area contributed by atoms with Crippen LogP contribution in [0.15, 0.2) is 23.8 Å². The van der Waals surface area contributed by atoms with E-state index in [-0.39, 0.29) is 11.0 Å². The smallest absolute Gasteiger partial charge is 0.207 e. The van der Waals surface area contributed by atoms with E-state index in [1.807, 2.05) is 0 Å². The summed E-state index contributed by atoms with van der Waals surface area (Å²) in [6.07, 6.45) is 2.72. The van der Waals surface area contributed by atoms with Gasteiger partial charge in [0.05, 0.1) is 17.1 Å². The maximum atomic E-state index is 10.3. The lowest BCUT2D eigenvalue weighted by Crippen LogP contribution is -1.84. The third kappa shape index (κ3) is 1.33. The summed E-state index contributed by atoms with van der Waals surface area (Å²) in [4.78, 5) is 21.7. The molecule has 2 rings (SSSR count). The van der Waals surface area contributed by atoms with Gasteiger partial charge in [0.2, 0.25) is 5.82 Å². The average Bonchev–Trinajstić information content (AvgIpc) is 2.17. The van der Waals surface area contributed by atoms with Gasteiger partial charge < -0.3 is 0 Å². The third-order valence-corrected chi connectivity index (χ3v) is 1.76. The van der Waals surface area contributed by atoms with Gasteiger partial charge in [-0.1, -0.05) is 11.6 Å². The maximum Gasteiger partial charge on any atom is 0.207 e. The Morgan fingerprint density at radius 2 is 2.15 bits per heavy atom. The molecule has 0 N–H and O–H groups in total. The van der Waals surface area contributed by atoms with E-state index >= 15 is 0 Å². The van der Waals surface area contributed by atoms with Gasteiger partial charge in [0.15, 0.2) is 0 Å². The molecule has 6 heteroatoms. The molecule has 0 unspecified atom stereocenters. The SMILES string of the molecule is O=Nc1ncnc2cnc(Cl)cc12. The van der Waals surface area contributed by atoms with E-state index in [0.717, 1.165) is 0 Å². The lowest BCUT2D eigenvalue weighted by Gasteiger charge is -1.96. The minimum Gasteiger partial charge on any atom is -0.242 e. The molecule has 0 aliphatic carbocycles. The summed E-state index contributed by atoms with van der Waals surface area (Å²) >= 11 is 5.64. The number of pyridine rings is 1. The van der Waals surface area contributed by atoms with Crippen molar-refractivity contribution >= 4 is 28.3 Å². The number of nitrogens with zero attached hydrogens (tertiary/aromatic N) is 4. The van der Waals surface area contributed by atoms with Crippen LogP contribution in [0.3, 0.4) is 0 Å². The molecule has 2 heterocycles. The van der Waals surface area contributed by atoms with Gasteiger partial charge in [-0.2, -0.15) is 0 Å². The number of hydrogen-bond donors (Lipinski definition) is 0. The highest BCUT2D eigenvalue weighted by Gasteiger charge is 2.04. The molecule has 13 heavy (non-hydrogen) atoms. The second-order valence-electron chi connectivity index (χ2n) is 2.31. The molecular weight excluding hydrogens is 192 g/mol. The van der Waals surface area contributed by atoms with Crippen LogP contribution in [0.1, 0.15) is 0 Å². The molecule has 2 aromatic heterocycles. The molecule has 0 spiro atoms. The van der Waals surface area contributed by atoms with Crippen LogP contribution in [0.25, 0.3) is 10.9 Å². The zero-order valence-corrected chi connectivity index (χ0v) is 7.06. The molecule has 0 saturated heterocycles. The first-order valence-electron chi connectivity index (χ1n) is 3.41. The van der Waals surface area contributed by atoms with E-state index in [9.17, 15) is 4.91 Å². The first-order chi connectivity index (χ1) is 6.31. The normalized spacial score (nSPS) is 10.2. The van der Waals surface area contributed by atoms with E-state index in [1.165, 1.54) is 18.6 Å². The van der Waals surface area contributed by atoms with Crippen LogP contribution in [-0.2, 0) is 0 Å². The van der Waals surface area contributed by atoms with Crippen molar-refractivity contribution in [2.24, 2.45) is 5.18 Å². The summed E-state index contributed by atoms with van der Waals surface area (Å²) < 4.78 is 0. The largest absolute Gasteiger partial charge is 0.242 e. The molecule has 0 radical (unpaired) electrons. The van der Waals surface area contributed by atoms with Gasteiger partial charge in [-0.05, 0) is 11.2 Å². The summed E-state index contributed by atoms with van der Waals surface area (Å²) in [5.74, 6) is 0.0781. The van der Waals surface area contributed by atoms with Crippen molar-refractivity contribution in [1.82, 2.24) is 15.0 Å². The van der Waals surface area contributed by atoms with Crippen LogP contribution in [0.5, 0.6) is 0 Å². The fourth-order valence-corrected chi connectivity index (χ4v) is 1.15. The lowest BCUT2D eigenvalue weighted by atomic mass is 10.3. The van der Waals surface area contributed by atoms with Gasteiger partial charge in [-0.15, -0.1) is 4.91 Å². The number of halogens is 1. The zero-order valence-electron chi connectivity index (χ0n) is 6.31. The number of hydrogen-bond acceptors (Lipinski definition) is 5. The van der Waals surface area contributed by atoms with E-state index in [2.05, 4.69) is 20.1 Å². The lowest BCUT2D eigenvalue weighted by molar-refractivity contribution is 1.18. The molecule has 0 amide bonds. The fourth-order valence-electron chi connectivity index (χ4n) is 0.993. The molecule has 0 fully saturated rings. The van der Waals surface area contributed by atoms with Gasteiger partial charge in [-0.3, -0.25) is 0 Å². The van der Waals surface area contributed by atoms with Crippen LogP contribution in [0.4, 0.5) is 5.82 Å². The van der Waals surface area contributed by atoms with Crippen molar-refractivity contribution in [3.05, 3.63) is 28.7 Å². The molecule has 0 bridgehead atoms. The number of rotatable bonds is 1. The van der Waals surface area contributed by atoms with Gasteiger partial charge in [0.25, 0.3) is 0 Å². The van der Waals surface area contributed by atoms with Crippen molar-refractivity contribution in [3.63, 3.8) is 0 Å². The van der Waals surface area contributed by atoms with Crippen LogP contribution < -0.4 is 0 Å². The van der Waals surface area contributed by atoms with Crippen molar-refractivity contribution in [1.29, 1.82) is 0 Å². The Labute approximate surface area is 77.8 Å². The highest BCUT2D eigenvalue weighted by Crippen LogP contribution is 2.22. The second kappa shape index (κ2) is 3.02. The second-order valence-corrected chi connectivity index (χ2v) is 2.70. The topological polar surface area (TPSA) is 68.1 Å². The van der Waals surface area contributed by atoms with Crippen LogP contribution in [0.2, 0.25) is 5.15 Å². The van der Waals surface area contributed by atoms with E-state index in [1.54, 1.807) is 0 Å². The highest BCUT2D eigenvalue weighted by molar-refractivity contribution is 6.30. The van der Waals surface area contributed by atoms with E-state index < -0.39 is 0 Å². The van der Waals surface area contributed by atoms with E-state index in [4.69, 9.17) is 11.6 Å². The molecule has 0 aromatic carbocycles. The van der Waals surface area contributed by atoms with Crippen molar-refractivity contribution < 1.29 is 0 Å². The summed E-state index contributed by atoms with van der Waals surface area (Å²) in [7, 11) is 0. The summed E-state index contributed by atoms with van der Waals surface area (Å²) in [6.45, 7) is 0. The van der Waals surface area contributed by atoms with Crippen molar-refractivity contribution in [2.45, 2.75) is 0 Å². The minimum absolute atomic E-state index is 0.0781. The molecule has 0 aliphatic heterocycles. The van der Waals surface area contributed by atoms with Crippen molar-refractivity contribution in [3.8, 4) is 0 Å². The molecule has 5 nitrogen and oxygen atoms in total. The Balaban J connectivity index is 2.86. The maximum absolute atomic E-state index is 10.3. The standard InChI is InChI=1S/C7H3ClN4O/c8-6-1-4-5(2-9-6)10-3-11-7(4)12-13/h1-3H.